The lowest BCUT2D eigenvalue weighted by molar-refractivity contribution is 0.250. The maximum Gasteiger partial charge on any atom is 0.328 e. The Kier molecular flexibility index (Phi) is 3.52. The average Bonchev–Trinajstić information content (AvgIpc) is 2.21. The van der Waals surface area contributed by atoms with E-state index in [1.54, 1.807) is 0 Å². The van der Waals surface area contributed by atoms with Gasteiger partial charge in [-0.25, -0.2) is 14.1 Å². The summed E-state index contributed by atoms with van der Waals surface area (Å²) < 4.78 is 13.7. The molecule has 0 aliphatic carbocycles. The molecule has 1 aromatic rings. The van der Waals surface area contributed by atoms with Crippen molar-refractivity contribution >= 4 is 17.7 Å². The highest BCUT2D eigenvalue weighted by molar-refractivity contribution is 6.14. The normalized spacial score (nSPS) is 9.82. The van der Waals surface area contributed by atoms with Crippen molar-refractivity contribution in [1.29, 1.82) is 5.41 Å². The molecule has 5 N–H and O–H groups in total. The maximum absolute atomic E-state index is 13.7. The van der Waals surface area contributed by atoms with Crippen LogP contribution < -0.4 is 16.0 Å². The Bertz CT molecular complexity index is 452. The van der Waals surface area contributed by atoms with E-state index in [1.807, 2.05) is 0 Å². The number of phenolic OH excluding ortho intramolecular Hbond substituents is 1. The monoisotopic (exact) mass is 240 g/mol. The van der Waals surface area contributed by atoms with Gasteiger partial charge in [0.2, 0.25) is 5.96 Å². The van der Waals surface area contributed by atoms with Crippen LogP contribution in [0.2, 0.25) is 0 Å². The molecule has 0 saturated heterocycles. The Morgan fingerprint density at radius 2 is 2.18 bits per heavy atom. The topological polar surface area (TPSA) is 102 Å². The quantitative estimate of drug-likeness (QED) is 0.432. The number of urea groups is 1. The number of carbonyl (C=O) groups is 1. The first-order valence-electron chi connectivity index (χ1n) is 4.73. The highest BCUT2D eigenvalue weighted by Gasteiger charge is 2.23. The standard InChI is InChI=1S/C10H13FN4O2/c1-5-3-6(16)4-7(11)8(5)15(9(12)13)10(17)14-2/h3-4,16H,1-2H3,(H3,12,13)(H,14,17). The van der Waals surface area contributed by atoms with E-state index in [1.165, 1.54) is 20.0 Å². The predicted octanol–water partition coefficient (Wildman–Crippen LogP) is 0.879. The van der Waals surface area contributed by atoms with Gasteiger partial charge in [0.05, 0.1) is 5.69 Å². The molecular weight excluding hydrogens is 227 g/mol. The molecule has 1 rings (SSSR count). The molecule has 2 amide bonds. The Balaban J connectivity index is 3.38. The van der Waals surface area contributed by atoms with Crippen molar-refractivity contribution in [2.75, 3.05) is 11.9 Å². The third kappa shape index (κ3) is 2.44. The predicted molar refractivity (Wildman–Crippen MR) is 61.7 cm³/mol. The van der Waals surface area contributed by atoms with Gasteiger partial charge in [-0.05, 0) is 18.6 Å². The second kappa shape index (κ2) is 4.69. The van der Waals surface area contributed by atoms with Crippen molar-refractivity contribution in [3.05, 3.63) is 23.5 Å². The number of aryl methyl sites for hydroxylation is 1. The number of hydrogen-bond acceptors (Lipinski definition) is 3. The molecule has 0 unspecified atom stereocenters. The number of aromatic hydroxyl groups is 1. The molecule has 6 nitrogen and oxygen atoms in total. The van der Waals surface area contributed by atoms with Crippen LogP contribution in [0.1, 0.15) is 5.56 Å². The number of rotatable bonds is 1. The first-order valence-corrected chi connectivity index (χ1v) is 4.73. The van der Waals surface area contributed by atoms with Crippen molar-refractivity contribution in [2.45, 2.75) is 6.92 Å². The molecule has 0 fully saturated rings. The van der Waals surface area contributed by atoms with Crippen LogP contribution >= 0.6 is 0 Å². The fraction of sp³-hybridized carbons (Fsp3) is 0.200. The molecule has 1 aromatic carbocycles. The zero-order valence-corrected chi connectivity index (χ0v) is 9.41. The van der Waals surface area contributed by atoms with E-state index >= 15 is 0 Å². The zero-order valence-electron chi connectivity index (χ0n) is 9.41. The minimum absolute atomic E-state index is 0.158. The van der Waals surface area contributed by atoms with Gasteiger partial charge >= 0.3 is 6.03 Å². The number of nitrogens with one attached hydrogen (secondary N) is 2. The number of benzene rings is 1. The van der Waals surface area contributed by atoms with Crippen molar-refractivity contribution in [2.24, 2.45) is 5.73 Å². The Morgan fingerprint density at radius 1 is 1.59 bits per heavy atom. The van der Waals surface area contributed by atoms with Crippen LogP contribution in [0.4, 0.5) is 14.9 Å². The minimum atomic E-state index is -0.832. The highest BCUT2D eigenvalue weighted by atomic mass is 19.1. The summed E-state index contributed by atoms with van der Waals surface area (Å²) in [6, 6.07) is 1.39. The molecule has 0 heterocycles. The van der Waals surface area contributed by atoms with Crippen molar-refractivity contribution < 1.29 is 14.3 Å². The number of guanidine groups is 1. The number of carbonyl (C=O) groups excluding carboxylic acids is 1. The summed E-state index contributed by atoms with van der Waals surface area (Å²) in [5.74, 6) is -1.71. The summed E-state index contributed by atoms with van der Waals surface area (Å²) in [6.07, 6.45) is 0. The zero-order chi connectivity index (χ0) is 13.2. The van der Waals surface area contributed by atoms with Crippen LogP contribution in [-0.4, -0.2) is 24.1 Å². The van der Waals surface area contributed by atoms with Gasteiger partial charge in [-0.3, -0.25) is 5.41 Å². The lowest BCUT2D eigenvalue weighted by Gasteiger charge is -2.22. The fourth-order valence-corrected chi connectivity index (χ4v) is 1.44. The summed E-state index contributed by atoms with van der Waals surface area (Å²) in [5, 5.41) is 18.7. The first-order chi connectivity index (χ1) is 7.88. The average molecular weight is 240 g/mol. The summed E-state index contributed by atoms with van der Waals surface area (Å²) in [5.41, 5.74) is 5.38. The molecule has 0 radical (unpaired) electrons. The van der Waals surface area contributed by atoms with Gasteiger partial charge in [0.1, 0.15) is 5.75 Å². The number of halogens is 1. The number of nitrogens with zero attached hydrogens (tertiary/aromatic N) is 1. The first kappa shape index (κ1) is 12.8. The van der Waals surface area contributed by atoms with Gasteiger partial charge in [-0.15, -0.1) is 0 Å². The van der Waals surface area contributed by atoms with E-state index < -0.39 is 17.8 Å². The Hall–Kier alpha value is -2.31. The van der Waals surface area contributed by atoms with E-state index in [-0.39, 0.29) is 11.4 Å². The van der Waals surface area contributed by atoms with Crippen LogP contribution in [0.5, 0.6) is 5.75 Å². The summed E-state index contributed by atoms with van der Waals surface area (Å²) in [6.45, 7) is 1.50. The van der Waals surface area contributed by atoms with Gasteiger partial charge in [0.15, 0.2) is 5.82 Å². The lowest BCUT2D eigenvalue weighted by Crippen LogP contribution is -2.46. The molecule has 0 aliphatic rings. The van der Waals surface area contributed by atoms with E-state index in [0.717, 1.165) is 6.07 Å². The number of phenols is 1. The van der Waals surface area contributed by atoms with Crippen LogP contribution in [0.25, 0.3) is 0 Å². The van der Waals surface area contributed by atoms with E-state index in [0.29, 0.717) is 10.5 Å². The van der Waals surface area contributed by atoms with Gasteiger partial charge in [0, 0.05) is 13.1 Å². The fourth-order valence-electron chi connectivity index (χ4n) is 1.44. The summed E-state index contributed by atoms with van der Waals surface area (Å²) in [4.78, 5) is 12.2. The summed E-state index contributed by atoms with van der Waals surface area (Å²) >= 11 is 0. The maximum atomic E-state index is 13.7. The Labute approximate surface area is 97.3 Å². The second-order valence-electron chi connectivity index (χ2n) is 3.37. The molecule has 7 heteroatoms. The number of anilines is 1. The molecule has 0 aliphatic heterocycles. The molecule has 0 spiro atoms. The molecular formula is C10H13FN4O2. The molecule has 0 aromatic heterocycles. The smallest absolute Gasteiger partial charge is 0.328 e. The van der Waals surface area contributed by atoms with E-state index in [2.05, 4.69) is 5.32 Å². The molecule has 0 bridgehead atoms. The van der Waals surface area contributed by atoms with Crippen molar-refractivity contribution in [3.8, 4) is 5.75 Å². The lowest BCUT2D eigenvalue weighted by atomic mass is 10.1. The third-order valence-electron chi connectivity index (χ3n) is 2.12. The number of hydrogen-bond donors (Lipinski definition) is 4. The van der Waals surface area contributed by atoms with Gasteiger partial charge < -0.3 is 16.2 Å². The molecule has 0 atom stereocenters. The minimum Gasteiger partial charge on any atom is -0.508 e. The van der Waals surface area contributed by atoms with Gasteiger partial charge in [0.25, 0.3) is 0 Å². The van der Waals surface area contributed by atoms with Crippen LogP contribution in [0, 0.1) is 18.2 Å². The molecule has 0 saturated carbocycles. The van der Waals surface area contributed by atoms with Crippen molar-refractivity contribution in [1.82, 2.24) is 5.32 Å². The van der Waals surface area contributed by atoms with Gasteiger partial charge in [-0.1, -0.05) is 0 Å². The largest absolute Gasteiger partial charge is 0.508 e. The van der Waals surface area contributed by atoms with Crippen molar-refractivity contribution in [3.63, 3.8) is 0 Å². The second-order valence-corrected chi connectivity index (χ2v) is 3.37. The third-order valence-corrected chi connectivity index (χ3v) is 2.12. The molecule has 17 heavy (non-hydrogen) atoms. The highest BCUT2D eigenvalue weighted by Crippen LogP contribution is 2.28. The van der Waals surface area contributed by atoms with Crippen LogP contribution in [-0.2, 0) is 0 Å². The van der Waals surface area contributed by atoms with E-state index in [4.69, 9.17) is 11.1 Å². The van der Waals surface area contributed by atoms with Crippen LogP contribution in [0.15, 0.2) is 12.1 Å². The van der Waals surface area contributed by atoms with E-state index in [9.17, 15) is 14.3 Å². The SMILES string of the molecule is CNC(=O)N(C(=N)N)c1c(C)cc(O)cc1F. The van der Waals surface area contributed by atoms with Crippen LogP contribution in [0.3, 0.4) is 0 Å². The number of amides is 2. The molecule has 92 valence electrons. The Morgan fingerprint density at radius 3 is 2.59 bits per heavy atom. The number of nitrogens with two attached hydrogens (primary N) is 1. The summed E-state index contributed by atoms with van der Waals surface area (Å²) in [7, 11) is 1.34. The van der Waals surface area contributed by atoms with Gasteiger partial charge in [-0.2, -0.15) is 0 Å².